The van der Waals surface area contributed by atoms with Crippen LogP contribution >= 0.6 is 0 Å². The first kappa shape index (κ1) is 21.4. The average molecular weight is 413 g/mol. The van der Waals surface area contributed by atoms with E-state index in [2.05, 4.69) is 5.32 Å². The second-order valence-electron chi connectivity index (χ2n) is 6.97. The molecule has 2 aromatic carbocycles. The molecule has 0 spiro atoms. The van der Waals surface area contributed by atoms with Crippen LogP contribution in [0, 0.1) is 5.82 Å². The van der Waals surface area contributed by atoms with E-state index >= 15 is 0 Å². The molecule has 30 heavy (non-hydrogen) atoms. The van der Waals surface area contributed by atoms with Gasteiger partial charge in [-0.15, -0.1) is 0 Å². The molecule has 0 fully saturated rings. The number of carbonyl (C=O) groups is 2. The number of fused-ring (bicyclic) bond motifs is 1. The van der Waals surface area contributed by atoms with Crippen LogP contribution in [0.25, 0.3) is 6.08 Å². The molecule has 0 unspecified atom stereocenters. The molecule has 0 aliphatic carbocycles. The molecule has 0 saturated carbocycles. The zero-order valence-electron chi connectivity index (χ0n) is 17.1. The van der Waals surface area contributed by atoms with Gasteiger partial charge in [-0.1, -0.05) is 0 Å². The van der Waals surface area contributed by atoms with Crippen molar-refractivity contribution in [3.05, 3.63) is 59.4 Å². The Bertz CT molecular complexity index is 955. The third kappa shape index (κ3) is 5.37. The van der Waals surface area contributed by atoms with Gasteiger partial charge >= 0.3 is 5.97 Å². The van der Waals surface area contributed by atoms with Gasteiger partial charge in [-0.05, 0) is 63.2 Å². The van der Waals surface area contributed by atoms with Crippen LogP contribution < -0.4 is 14.8 Å². The minimum Gasteiger partial charge on any atom is -0.493 e. The third-order valence-corrected chi connectivity index (χ3v) is 4.50. The SMILES string of the molecule is CCOc1cc2c(cc1/C=C/C(=O)O[C@@H](C)C(=O)Nc1ccc(F)cc1)O[C@H](C)C2. The number of benzene rings is 2. The van der Waals surface area contributed by atoms with Crippen molar-refractivity contribution >= 4 is 23.6 Å². The van der Waals surface area contributed by atoms with E-state index in [1.807, 2.05) is 26.0 Å². The van der Waals surface area contributed by atoms with Crippen LogP contribution in [0.1, 0.15) is 31.9 Å². The second-order valence-corrected chi connectivity index (χ2v) is 6.97. The van der Waals surface area contributed by atoms with Gasteiger partial charge in [0.25, 0.3) is 5.91 Å². The normalized spacial score (nSPS) is 15.9. The van der Waals surface area contributed by atoms with E-state index in [4.69, 9.17) is 14.2 Å². The molecule has 1 N–H and O–H groups in total. The number of halogens is 1. The van der Waals surface area contributed by atoms with Crippen molar-refractivity contribution < 1.29 is 28.2 Å². The summed E-state index contributed by atoms with van der Waals surface area (Å²) < 4.78 is 29.5. The zero-order chi connectivity index (χ0) is 21.7. The highest BCUT2D eigenvalue weighted by molar-refractivity contribution is 5.96. The quantitative estimate of drug-likeness (QED) is 0.546. The Hall–Kier alpha value is -3.35. The van der Waals surface area contributed by atoms with E-state index in [-0.39, 0.29) is 6.10 Å². The first-order valence-electron chi connectivity index (χ1n) is 9.77. The lowest BCUT2D eigenvalue weighted by Crippen LogP contribution is -2.29. The molecule has 0 bridgehead atoms. The maximum Gasteiger partial charge on any atom is 0.331 e. The van der Waals surface area contributed by atoms with Gasteiger partial charge in [0.1, 0.15) is 23.4 Å². The Morgan fingerprint density at radius 2 is 2.03 bits per heavy atom. The van der Waals surface area contributed by atoms with Gasteiger partial charge < -0.3 is 19.5 Å². The number of nitrogens with one attached hydrogen (secondary N) is 1. The van der Waals surface area contributed by atoms with Crippen LogP contribution in [0.4, 0.5) is 10.1 Å². The van der Waals surface area contributed by atoms with E-state index in [0.29, 0.717) is 23.6 Å². The second kappa shape index (κ2) is 9.43. The molecule has 0 radical (unpaired) electrons. The first-order valence-corrected chi connectivity index (χ1v) is 9.77. The summed E-state index contributed by atoms with van der Waals surface area (Å²) in [5, 5.41) is 2.56. The smallest absolute Gasteiger partial charge is 0.331 e. The maximum atomic E-state index is 12.9. The maximum absolute atomic E-state index is 12.9. The predicted molar refractivity (Wildman–Crippen MR) is 111 cm³/mol. The summed E-state index contributed by atoms with van der Waals surface area (Å²) in [7, 11) is 0. The Balaban J connectivity index is 1.63. The molecule has 3 rings (SSSR count). The zero-order valence-corrected chi connectivity index (χ0v) is 17.1. The predicted octanol–water partition coefficient (Wildman–Crippen LogP) is 4.13. The molecule has 1 aliphatic heterocycles. The van der Waals surface area contributed by atoms with E-state index in [1.165, 1.54) is 37.3 Å². The molecule has 1 aliphatic rings. The highest BCUT2D eigenvalue weighted by Gasteiger charge is 2.21. The number of amides is 1. The van der Waals surface area contributed by atoms with E-state index in [1.54, 1.807) is 6.08 Å². The average Bonchev–Trinajstić information content (AvgIpc) is 3.07. The van der Waals surface area contributed by atoms with Crippen LogP contribution in [0.5, 0.6) is 11.5 Å². The third-order valence-electron chi connectivity index (χ3n) is 4.50. The van der Waals surface area contributed by atoms with Crippen molar-refractivity contribution in [2.45, 2.75) is 39.4 Å². The Kier molecular flexibility index (Phi) is 6.72. The van der Waals surface area contributed by atoms with Crippen LogP contribution in [0.3, 0.4) is 0 Å². The molecule has 158 valence electrons. The topological polar surface area (TPSA) is 73.9 Å². The highest BCUT2D eigenvalue weighted by Crippen LogP contribution is 2.35. The van der Waals surface area contributed by atoms with E-state index < -0.39 is 23.8 Å². The van der Waals surface area contributed by atoms with Gasteiger partial charge in [-0.25, -0.2) is 9.18 Å². The summed E-state index contributed by atoms with van der Waals surface area (Å²) in [6.45, 7) is 5.82. The van der Waals surface area contributed by atoms with Crippen molar-refractivity contribution in [3.8, 4) is 11.5 Å². The molecular formula is C23H24FNO5. The largest absolute Gasteiger partial charge is 0.493 e. The lowest BCUT2D eigenvalue weighted by molar-refractivity contribution is -0.148. The van der Waals surface area contributed by atoms with E-state index in [9.17, 15) is 14.0 Å². The Morgan fingerprint density at radius 1 is 1.30 bits per heavy atom. The van der Waals surface area contributed by atoms with Gasteiger partial charge in [0.05, 0.1) is 6.61 Å². The van der Waals surface area contributed by atoms with E-state index in [0.717, 1.165) is 17.7 Å². The first-order chi connectivity index (χ1) is 14.4. The van der Waals surface area contributed by atoms with Crippen LogP contribution in [-0.4, -0.2) is 30.7 Å². The summed E-state index contributed by atoms with van der Waals surface area (Å²) in [5.41, 5.74) is 2.16. The number of rotatable bonds is 7. The lowest BCUT2D eigenvalue weighted by Gasteiger charge is -2.12. The van der Waals surface area contributed by atoms with Crippen molar-refractivity contribution in [2.24, 2.45) is 0 Å². The molecule has 2 atom stereocenters. The lowest BCUT2D eigenvalue weighted by atomic mass is 10.1. The van der Waals surface area contributed by atoms with Gasteiger partial charge in [0.15, 0.2) is 6.10 Å². The van der Waals surface area contributed by atoms with Gasteiger partial charge in [0, 0.05) is 29.3 Å². The molecule has 1 amide bonds. The molecule has 0 aromatic heterocycles. The summed E-state index contributed by atoms with van der Waals surface area (Å²) in [4.78, 5) is 24.3. The highest BCUT2D eigenvalue weighted by atomic mass is 19.1. The van der Waals surface area contributed by atoms with Gasteiger partial charge in [-0.2, -0.15) is 0 Å². The fraction of sp³-hybridized carbons (Fsp3) is 0.304. The number of hydrogen-bond acceptors (Lipinski definition) is 5. The van der Waals surface area contributed by atoms with Crippen LogP contribution in [0.2, 0.25) is 0 Å². The molecule has 2 aromatic rings. The van der Waals surface area contributed by atoms with Crippen LogP contribution in [0.15, 0.2) is 42.5 Å². The molecule has 1 heterocycles. The summed E-state index contributed by atoms with van der Waals surface area (Å²) in [6, 6.07) is 9.06. The van der Waals surface area contributed by atoms with Crippen molar-refractivity contribution in [3.63, 3.8) is 0 Å². The monoisotopic (exact) mass is 413 g/mol. The number of anilines is 1. The number of carbonyl (C=O) groups excluding carboxylic acids is 2. The fourth-order valence-corrected chi connectivity index (χ4v) is 3.07. The Labute approximate surface area is 174 Å². The van der Waals surface area contributed by atoms with Gasteiger partial charge in [0.2, 0.25) is 0 Å². The van der Waals surface area contributed by atoms with Crippen LogP contribution in [-0.2, 0) is 20.7 Å². The molecular weight excluding hydrogens is 389 g/mol. The number of hydrogen-bond donors (Lipinski definition) is 1. The Morgan fingerprint density at radius 3 is 2.73 bits per heavy atom. The fourth-order valence-electron chi connectivity index (χ4n) is 3.07. The number of ether oxygens (including phenoxy) is 3. The number of esters is 1. The summed E-state index contributed by atoms with van der Waals surface area (Å²) in [5.74, 6) is -0.172. The molecule has 7 heteroatoms. The minimum atomic E-state index is -1.03. The summed E-state index contributed by atoms with van der Waals surface area (Å²) >= 11 is 0. The minimum absolute atomic E-state index is 0.0964. The molecule has 6 nitrogen and oxygen atoms in total. The van der Waals surface area contributed by atoms with Crippen molar-refractivity contribution in [1.29, 1.82) is 0 Å². The standard InChI is InChI=1S/C23H24FNO5/c1-4-28-20-13-17-11-14(2)29-21(17)12-16(20)5-10-22(26)30-15(3)23(27)25-19-8-6-18(24)7-9-19/h5-10,12-15H,4,11H2,1-3H3,(H,25,27)/b10-5+/t14-,15+/m1/s1. The van der Waals surface area contributed by atoms with Crippen molar-refractivity contribution in [2.75, 3.05) is 11.9 Å². The molecule has 0 saturated heterocycles. The van der Waals surface area contributed by atoms with Gasteiger partial charge in [-0.3, -0.25) is 4.79 Å². The van der Waals surface area contributed by atoms with Crippen molar-refractivity contribution in [1.82, 2.24) is 0 Å². The summed E-state index contributed by atoms with van der Waals surface area (Å²) in [6.07, 6.45) is 2.69.